The van der Waals surface area contributed by atoms with Crippen molar-refractivity contribution in [2.75, 3.05) is 0 Å². The van der Waals surface area contributed by atoms with E-state index < -0.39 is 0 Å². The lowest BCUT2D eigenvalue weighted by atomic mass is 9.63. The summed E-state index contributed by atoms with van der Waals surface area (Å²) in [6.45, 7) is 13.0. The van der Waals surface area contributed by atoms with E-state index in [1.165, 1.54) is 23.3 Å². The molecule has 1 unspecified atom stereocenters. The molecular weight excluding hydrogens is 250 g/mol. The molecule has 2 rings (SSSR count). The van der Waals surface area contributed by atoms with Crippen molar-refractivity contribution < 1.29 is 0 Å². The van der Waals surface area contributed by atoms with Gasteiger partial charge in [-0.2, -0.15) is 0 Å². The van der Waals surface area contributed by atoms with Gasteiger partial charge in [-0.25, -0.2) is 0 Å². The van der Waals surface area contributed by atoms with E-state index in [0.717, 1.165) is 24.8 Å². The second kappa shape index (κ2) is 5.97. The molecule has 0 aromatic carbocycles. The fourth-order valence-electron chi connectivity index (χ4n) is 3.30. The van der Waals surface area contributed by atoms with E-state index in [4.69, 9.17) is 0 Å². The Morgan fingerprint density at radius 3 is 2.74 bits per heavy atom. The molecule has 0 saturated heterocycles. The molecule has 1 aromatic heterocycles. The van der Waals surface area contributed by atoms with Gasteiger partial charge < -0.3 is 5.32 Å². The first-order valence-corrected chi connectivity index (χ1v) is 8.61. The van der Waals surface area contributed by atoms with Crippen LogP contribution in [0, 0.1) is 17.3 Å². The first-order valence-electron chi connectivity index (χ1n) is 7.73. The minimum Gasteiger partial charge on any atom is -0.309 e. The molecule has 1 N–H and O–H groups in total. The number of hydrogen-bond acceptors (Lipinski definition) is 2. The van der Waals surface area contributed by atoms with Crippen LogP contribution in [-0.2, 0) is 13.0 Å². The van der Waals surface area contributed by atoms with Crippen LogP contribution in [0.4, 0.5) is 0 Å². The van der Waals surface area contributed by atoms with E-state index in [1.807, 2.05) is 11.3 Å². The average Bonchev–Trinajstić information content (AvgIpc) is 2.83. The van der Waals surface area contributed by atoms with Crippen LogP contribution in [-0.4, -0.2) is 6.04 Å². The topological polar surface area (TPSA) is 12.0 Å². The zero-order chi connectivity index (χ0) is 14.0. The summed E-state index contributed by atoms with van der Waals surface area (Å²) in [5, 5.41) is 6.10. The van der Waals surface area contributed by atoms with Gasteiger partial charge in [-0.3, -0.25) is 0 Å². The molecule has 1 aliphatic carbocycles. The Morgan fingerprint density at radius 2 is 2.11 bits per heavy atom. The summed E-state index contributed by atoms with van der Waals surface area (Å²) in [4.78, 5) is 1.49. The lowest BCUT2D eigenvalue weighted by Gasteiger charge is -2.45. The molecule has 108 valence electrons. The molecule has 2 heteroatoms. The third kappa shape index (κ3) is 3.41. The quantitative estimate of drug-likeness (QED) is 0.830. The van der Waals surface area contributed by atoms with Crippen molar-refractivity contribution in [1.82, 2.24) is 5.32 Å². The summed E-state index contributed by atoms with van der Waals surface area (Å²) in [6.07, 6.45) is 3.83. The number of hydrogen-bond donors (Lipinski definition) is 1. The number of thiophene rings is 1. The van der Waals surface area contributed by atoms with Gasteiger partial charge in [-0.15, -0.1) is 11.3 Å². The molecule has 0 radical (unpaired) electrons. The van der Waals surface area contributed by atoms with Crippen molar-refractivity contribution in [1.29, 1.82) is 0 Å². The second-order valence-electron chi connectivity index (χ2n) is 6.94. The largest absolute Gasteiger partial charge is 0.309 e. The Hall–Kier alpha value is -0.340. The van der Waals surface area contributed by atoms with Crippen molar-refractivity contribution in [2.24, 2.45) is 17.3 Å². The molecule has 0 aliphatic heterocycles. The third-order valence-electron chi connectivity index (χ3n) is 5.41. The first kappa shape index (κ1) is 15.1. The van der Waals surface area contributed by atoms with Crippen LogP contribution in [0.15, 0.2) is 11.4 Å². The molecule has 1 aliphatic rings. The minimum absolute atomic E-state index is 0.510. The molecule has 0 spiro atoms. The van der Waals surface area contributed by atoms with Crippen LogP contribution < -0.4 is 5.32 Å². The smallest absolute Gasteiger partial charge is 0.0302 e. The van der Waals surface area contributed by atoms with E-state index >= 15 is 0 Å². The molecule has 1 aromatic rings. The summed E-state index contributed by atoms with van der Waals surface area (Å²) in [6, 6.07) is 3.05. The Kier molecular flexibility index (Phi) is 4.73. The van der Waals surface area contributed by atoms with Crippen molar-refractivity contribution in [3.05, 3.63) is 21.9 Å². The van der Waals surface area contributed by atoms with Gasteiger partial charge in [0.1, 0.15) is 0 Å². The van der Waals surface area contributed by atoms with Crippen LogP contribution >= 0.6 is 11.3 Å². The van der Waals surface area contributed by atoms with Crippen LogP contribution in [0.2, 0.25) is 0 Å². The SMILES string of the molecule is CCc1csc(CN[C@@H]2CCC(C)(C)C(C)[C@H]2C)c1. The summed E-state index contributed by atoms with van der Waals surface area (Å²) >= 11 is 1.90. The molecule has 3 atom stereocenters. The minimum atomic E-state index is 0.510. The maximum atomic E-state index is 3.80. The standard InChI is InChI=1S/C17H29NS/c1-6-14-9-15(19-11-14)10-18-16-7-8-17(4,5)13(3)12(16)2/h9,11-13,16,18H,6-8,10H2,1-5H3/t12-,13?,16-/m1/s1. The Balaban J connectivity index is 1.90. The summed E-state index contributed by atoms with van der Waals surface area (Å²) < 4.78 is 0. The zero-order valence-electron chi connectivity index (χ0n) is 13.1. The fraction of sp³-hybridized carbons (Fsp3) is 0.765. The van der Waals surface area contributed by atoms with Crippen molar-refractivity contribution in [2.45, 2.75) is 66.5 Å². The molecule has 19 heavy (non-hydrogen) atoms. The van der Waals surface area contributed by atoms with Crippen LogP contribution in [0.1, 0.15) is 57.9 Å². The Morgan fingerprint density at radius 1 is 1.37 bits per heavy atom. The van der Waals surface area contributed by atoms with Gasteiger partial charge >= 0.3 is 0 Å². The fourth-order valence-corrected chi connectivity index (χ4v) is 4.23. The maximum Gasteiger partial charge on any atom is 0.0302 e. The zero-order valence-corrected chi connectivity index (χ0v) is 13.9. The van der Waals surface area contributed by atoms with E-state index in [9.17, 15) is 0 Å². The molecular formula is C17H29NS. The lowest BCUT2D eigenvalue weighted by molar-refractivity contribution is 0.0685. The van der Waals surface area contributed by atoms with E-state index in [0.29, 0.717) is 11.5 Å². The highest BCUT2D eigenvalue weighted by atomic mass is 32.1. The predicted molar refractivity (Wildman–Crippen MR) is 85.7 cm³/mol. The van der Waals surface area contributed by atoms with Crippen molar-refractivity contribution in [3.63, 3.8) is 0 Å². The average molecular weight is 279 g/mol. The molecule has 1 nitrogen and oxygen atoms in total. The van der Waals surface area contributed by atoms with E-state index in [2.05, 4.69) is 51.4 Å². The third-order valence-corrected chi connectivity index (χ3v) is 6.40. The van der Waals surface area contributed by atoms with Gasteiger partial charge in [0.2, 0.25) is 0 Å². The second-order valence-corrected chi connectivity index (χ2v) is 7.93. The summed E-state index contributed by atoms with van der Waals surface area (Å²) in [7, 11) is 0. The van der Waals surface area contributed by atoms with Gasteiger partial charge in [0.15, 0.2) is 0 Å². The van der Waals surface area contributed by atoms with Gasteiger partial charge in [0, 0.05) is 17.5 Å². The van der Waals surface area contributed by atoms with E-state index in [-0.39, 0.29) is 0 Å². The van der Waals surface area contributed by atoms with Crippen LogP contribution in [0.3, 0.4) is 0 Å². The van der Waals surface area contributed by atoms with Crippen LogP contribution in [0.5, 0.6) is 0 Å². The monoisotopic (exact) mass is 279 g/mol. The van der Waals surface area contributed by atoms with Crippen molar-refractivity contribution >= 4 is 11.3 Å². The molecule has 1 fully saturated rings. The molecule has 0 bridgehead atoms. The summed E-state index contributed by atoms with van der Waals surface area (Å²) in [5.74, 6) is 1.57. The number of aryl methyl sites for hydroxylation is 1. The van der Waals surface area contributed by atoms with Crippen molar-refractivity contribution in [3.8, 4) is 0 Å². The van der Waals surface area contributed by atoms with Gasteiger partial charge in [-0.05, 0) is 53.5 Å². The highest BCUT2D eigenvalue weighted by Gasteiger charge is 2.38. The van der Waals surface area contributed by atoms with Crippen LogP contribution in [0.25, 0.3) is 0 Å². The van der Waals surface area contributed by atoms with Gasteiger partial charge in [0.05, 0.1) is 0 Å². The van der Waals surface area contributed by atoms with Gasteiger partial charge in [0.25, 0.3) is 0 Å². The first-order chi connectivity index (χ1) is 8.94. The highest BCUT2D eigenvalue weighted by molar-refractivity contribution is 7.10. The van der Waals surface area contributed by atoms with E-state index in [1.54, 1.807) is 0 Å². The maximum absolute atomic E-state index is 3.80. The summed E-state index contributed by atoms with van der Waals surface area (Å²) in [5.41, 5.74) is 1.99. The molecule has 1 saturated carbocycles. The molecule has 1 heterocycles. The van der Waals surface area contributed by atoms with Gasteiger partial charge in [-0.1, -0.05) is 34.6 Å². The highest BCUT2D eigenvalue weighted by Crippen LogP contribution is 2.43. The molecule has 0 amide bonds. The normalized spacial score (nSPS) is 30.5. The Labute approximate surface area is 122 Å². The Bertz CT molecular complexity index is 407. The predicted octanol–water partition coefficient (Wildman–Crippen LogP) is 4.86. The number of rotatable bonds is 4. The number of nitrogens with one attached hydrogen (secondary N) is 1. The lowest BCUT2D eigenvalue weighted by Crippen LogP contribution is -2.46.